The Hall–Kier alpha value is -1.22. The van der Waals surface area contributed by atoms with Gasteiger partial charge in [0.15, 0.2) is 0 Å². The molecule has 1 aliphatic rings. The van der Waals surface area contributed by atoms with E-state index in [1.807, 2.05) is 4.90 Å². The molecule has 1 heterocycles. The van der Waals surface area contributed by atoms with Crippen LogP contribution in [0.1, 0.15) is 32.6 Å². The van der Waals surface area contributed by atoms with Gasteiger partial charge in [-0.05, 0) is 18.8 Å². The van der Waals surface area contributed by atoms with Crippen LogP contribution in [0.3, 0.4) is 0 Å². The number of hydrogen-bond donors (Lipinski definition) is 1. The minimum Gasteiger partial charge on any atom is -0.379 e. The van der Waals surface area contributed by atoms with Crippen molar-refractivity contribution < 1.29 is 28.5 Å². The van der Waals surface area contributed by atoms with Crippen molar-refractivity contribution in [3.63, 3.8) is 0 Å². The molecule has 0 atom stereocenters. The number of ether oxygens (including phenoxy) is 4. The number of amides is 2. The van der Waals surface area contributed by atoms with E-state index in [9.17, 15) is 9.59 Å². The summed E-state index contributed by atoms with van der Waals surface area (Å²) in [5.41, 5.74) is 0. The molecule has 0 spiro atoms. The molecule has 0 saturated carbocycles. The topological polar surface area (TPSA) is 86.3 Å². The first-order valence-corrected chi connectivity index (χ1v) is 9.92. The summed E-state index contributed by atoms with van der Waals surface area (Å²) in [6, 6.07) is 0. The predicted octanol–water partition coefficient (Wildman–Crippen LogP) is 0.838. The highest BCUT2D eigenvalue weighted by Gasteiger charge is 2.19. The zero-order valence-electron chi connectivity index (χ0n) is 16.9. The first kappa shape index (κ1) is 23.8. The van der Waals surface area contributed by atoms with E-state index >= 15 is 0 Å². The highest BCUT2D eigenvalue weighted by Crippen LogP contribution is 2.16. The second-order valence-corrected chi connectivity index (χ2v) is 6.69. The lowest BCUT2D eigenvalue weighted by Crippen LogP contribution is -2.38. The van der Waals surface area contributed by atoms with E-state index in [1.165, 1.54) is 0 Å². The fourth-order valence-corrected chi connectivity index (χ4v) is 2.63. The molecule has 0 radical (unpaired) electrons. The van der Waals surface area contributed by atoms with Crippen LogP contribution in [-0.4, -0.2) is 89.7 Å². The largest absolute Gasteiger partial charge is 0.379 e. The van der Waals surface area contributed by atoms with E-state index in [0.717, 1.165) is 31.8 Å². The monoisotopic (exact) mass is 388 g/mol. The lowest BCUT2D eigenvalue weighted by Gasteiger charge is -2.30. The molecule has 1 fully saturated rings. The third-order valence-corrected chi connectivity index (χ3v) is 4.46. The Bertz CT molecular complexity index is 400. The van der Waals surface area contributed by atoms with Gasteiger partial charge in [0.1, 0.15) is 0 Å². The fourth-order valence-electron chi connectivity index (χ4n) is 2.63. The fraction of sp³-hybridized carbons (Fsp3) is 0.895. The standard InChI is InChI=1S/C19H36N2O6/c1-17-3-7-21(8-4-17)19(23)6-10-25-12-14-27-16-15-26-13-11-24-9-5-18(22)20-2/h17H,3-16H2,1-2H3,(H,20,22). The second kappa shape index (κ2) is 15.8. The van der Waals surface area contributed by atoms with Gasteiger partial charge in [0, 0.05) is 26.6 Å². The predicted molar refractivity (Wildman–Crippen MR) is 102 cm³/mol. The molecule has 1 saturated heterocycles. The lowest BCUT2D eigenvalue weighted by atomic mass is 9.99. The van der Waals surface area contributed by atoms with Crippen molar-refractivity contribution in [1.82, 2.24) is 10.2 Å². The van der Waals surface area contributed by atoms with Crippen LogP contribution in [0.15, 0.2) is 0 Å². The molecular formula is C19H36N2O6. The third kappa shape index (κ3) is 12.7. The molecular weight excluding hydrogens is 352 g/mol. The molecule has 0 aromatic heterocycles. The summed E-state index contributed by atoms with van der Waals surface area (Å²) < 4.78 is 21.5. The van der Waals surface area contributed by atoms with Gasteiger partial charge < -0.3 is 29.2 Å². The van der Waals surface area contributed by atoms with Crippen LogP contribution in [0.4, 0.5) is 0 Å². The van der Waals surface area contributed by atoms with Gasteiger partial charge in [0.2, 0.25) is 11.8 Å². The highest BCUT2D eigenvalue weighted by atomic mass is 16.6. The average molecular weight is 389 g/mol. The van der Waals surface area contributed by atoms with Crippen LogP contribution >= 0.6 is 0 Å². The molecule has 27 heavy (non-hydrogen) atoms. The summed E-state index contributed by atoms with van der Waals surface area (Å²) in [5.74, 6) is 0.888. The molecule has 0 aliphatic carbocycles. The number of nitrogens with one attached hydrogen (secondary N) is 1. The molecule has 2 amide bonds. The summed E-state index contributed by atoms with van der Waals surface area (Å²) in [6.07, 6.45) is 3.01. The van der Waals surface area contributed by atoms with E-state index in [4.69, 9.17) is 18.9 Å². The number of carbonyl (C=O) groups excluding carboxylic acids is 2. The van der Waals surface area contributed by atoms with E-state index in [-0.39, 0.29) is 11.8 Å². The summed E-state index contributed by atoms with van der Waals surface area (Å²) in [6.45, 7) is 7.72. The zero-order valence-corrected chi connectivity index (χ0v) is 16.9. The van der Waals surface area contributed by atoms with Crippen LogP contribution in [0.2, 0.25) is 0 Å². The highest BCUT2D eigenvalue weighted by molar-refractivity contribution is 5.76. The maximum atomic E-state index is 12.0. The molecule has 0 bridgehead atoms. The average Bonchev–Trinajstić information content (AvgIpc) is 2.68. The van der Waals surface area contributed by atoms with E-state index in [2.05, 4.69) is 12.2 Å². The Labute approximate surface area is 162 Å². The number of carbonyl (C=O) groups is 2. The minimum atomic E-state index is -0.0305. The Morgan fingerprint density at radius 2 is 1.26 bits per heavy atom. The first-order chi connectivity index (χ1) is 13.1. The molecule has 1 rings (SSSR count). The number of likely N-dealkylation sites (tertiary alicyclic amines) is 1. The lowest BCUT2D eigenvalue weighted by molar-refractivity contribution is -0.133. The maximum absolute atomic E-state index is 12.0. The number of rotatable bonds is 15. The Morgan fingerprint density at radius 3 is 1.74 bits per heavy atom. The van der Waals surface area contributed by atoms with Gasteiger partial charge in [-0.1, -0.05) is 6.92 Å². The molecule has 1 aliphatic heterocycles. The van der Waals surface area contributed by atoms with Crippen LogP contribution in [-0.2, 0) is 28.5 Å². The van der Waals surface area contributed by atoms with Gasteiger partial charge in [-0.15, -0.1) is 0 Å². The van der Waals surface area contributed by atoms with Crippen LogP contribution in [0, 0.1) is 5.92 Å². The minimum absolute atomic E-state index is 0.0305. The summed E-state index contributed by atoms with van der Waals surface area (Å²) >= 11 is 0. The van der Waals surface area contributed by atoms with Crippen LogP contribution < -0.4 is 5.32 Å². The maximum Gasteiger partial charge on any atom is 0.224 e. The zero-order chi connectivity index (χ0) is 19.7. The molecule has 0 unspecified atom stereocenters. The molecule has 1 N–H and O–H groups in total. The van der Waals surface area contributed by atoms with E-state index in [0.29, 0.717) is 65.7 Å². The summed E-state index contributed by atoms with van der Waals surface area (Å²) in [4.78, 5) is 24.9. The van der Waals surface area contributed by atoms with Crippen molar-refractivity contribution in [1.29, 1.82) is 0 Å². The SMILES string of the molecule is CNC(=O)CCOCCOCCOCCOCCC(=O)N1CCC(C)CC1. The van der Waals surface area contributed by atoms with Crippen molar-refractivity contribution in [3.05, 3.63) is 0 Å². The third-order valence-electron chi connectivity index (χ3n) is 4.46. The number of nitrogens with zero attached hydrogens (tertiary/aromatic N) is 1. The number of piperidine rings is 1. The molecule has 8 nitrogen and oxygen atoms in total. The summed E-state index contributed by atoms with van der Waals surface area (Å²) in [5, 5.41) is 2.53. The molecule has 8 heteroatoms. The molecule has 0 aromatic carbocycles. The van der Waals surface area contributed by atoms with Gasteiger partial charge in [0.25, 0.3) is 0 Å². The number of hydrogen-bond acceptors (Lipinski definition) is 6. The van der Waals surface area contributed by atoms with Gasteiger partial charge in [-0.2, -0.15) is 0 Å². The molecule has 0 aromatic rings. The van der Waals surface area contributed by atoms with Crippen molar-refractivity contribution in [2.75, 3.05) is 73.0 Å². The second-order valence-electron chi connectivity index (χ2n) is 6.69. The summed E-state index contributed by atoms with van der Waals surface area (Å²) in [7, 11) is 1.60. The Morgan fingerprint density at radius 1 is 0.815 bits per heavy atom. The smallest absolute Gasteiger partial charge is 0.224 e. The first-order valence-electron chi connectivity index (χ1n) is 9.92. The van der Waals surface area contributed by atoms with Crippen molar-refractivity contribution in [2.24, 2.45) is 5.92 Å². The normalized spacial score (nSPS) is 15.1. The van der Waals surface area contributed by atoms with Gasteiger partial charge in [-0.3, -0.25) is 9.59 Å². The van der Waals surface area contributed by atoms with Crippen molar-refractivity contribution >= 4 is 11.8 Å². The van der Waals surface area contributed by atoms with E-state index < -0.39 is 0 Å². The quantitative estimate of drug-likeness (QED) is 0.418. The van der Waals surface area contributed by atoms with Gasteiger partial charge >= 0.3 is 0 Å². The van der Waals surface area contributed by atoms with Gasteiger partial charge in [-0.25, -0.2) is 0 Å². The Kier molecular flexibility index (Phi) is 13.9. The van der Waals surface area contributed by atoms with Gasteiger partial charge in [0.05, 0.1) is 59.3 Å². The Balaban J connectivity index is 1.78. The van der Waals surface area contributed by atoms with E-state index in [1.54, 1.807) is 7.05 Å². The van der Waals surface area contributed by atoms with Crippen LogP contribution in [0.25, 0.3) is 0 Å². The molecule has 158 valence electrons. The van der Waals surface area contributed by atoms with Crippen molar-refractivity contribution in [3.8, 4) is 0 Å². The van der Waals surface area contributed by atoms with Crippen LogP contribution in [0.5, 0.6) is 0 Å². The van der Waals surface area contributed by atoms with Crippen molar-refractivity contribution in [2.45, 2.75) is 32.6 Å².